The average molecular weight is 375 g/mol. The molecule has 2 nitrogen and oxygen atoms in total. The van der Waals surface area contributed by atoms with Crippen molar-refractivity contribution in [3.8, 4) is 0 Å². The number of rotatable bonds is 5. The minimum absolute atomic E-state index is 0.181. The maximum atomic E-state index is 11.7. The van der Waals surface area contributed by atoms with Crippen molar-refractivity contribution in [3.63, 3.8) is 0 Å². The maximum Gasteiger partial charge on any atom is 0.0743 e. The summed E-state index contributed by atoms with van der Waals surface area (Å²) in [6.45, 7) is 11.7. The van der Waals surface area contributed by atoms with Gasteiger partial charge in [0.15, 0.2) is 0 Å². The SMILES string of the molecule is C/C1=C/C[C@H]2[C@@H]([C@@H](C)CC/C=C(\C)CO)CC[C@]2(C)C[C@@]2(O)[C@H](C)CC[C@H]12. The van der Waals surface area contributed by atoms with Crippen molar-refractivity contribution in [1.29, 1.82) is 0 Å². The Morgan fingerprint density at radius 3 is 2.78 bits per heavy atom. The fourth-order valence-corrected chi connectivity index (χ4v) is 6.91. The second-order valence-corrected chi connectivity index (χ2v) is 10.6. The Bertz CT molecular complexity index is 591. The van der Waals surface area contributed by atoms with E-state index in [9.17, 15) is 10.2 Å². The van der Waals surface area contributed by atoms with Gasteiger partial charge in [0.2, 0.25) is 0 Å². The Morgan fingerprint density at radius 2 is 2.07 bits per heavy atom. The van der Waals surface area contributed by atoms with Crippen molar-refractivity contribution >= 4 is 0 Å². The van der Waals surface area contributed by atoms with E-state index in [-0.39, 0.29) is 12.0 Å². The normalized spacial score (nSPS) is 45.4. The molecule has 0 saturated heterocycles. The van der Waals surface area contributed by atoms with Gasteiger partial charge in [-0.3, -0.25) is 0 Å². The lowest BCUT2D eigenvalue weighted by atomic mass is 9.61. The molecule has 0 aromatic rings. The topological polar surface area (TPSA) is 40.5 Å². The fraction of sp³-hybridized carbons (Fsp3) is 0.840. The van der Waals surface area contributed by atoms with E-state index in [1.807, 2.05) is 6.92 Å². The lowest BCUT2D eigenvalue weighted by Gasteiger charge is -2.46. The zero-order valence-electron chi connectivity index (χ0n) is 18.3. The van der Waals surface area contributed by atoms with Crippen molar-refractivity contribution in [2.24, 2.45) is 35.0 Å². The first-order valence-electron chi connectivity index (χ1n) is 11.4. The van der Waals surface area contributed by atoms with Crippen LogP contribution in [0, 0.1) is 35.0 Å². The lowest BCUT2D eigenvalue weighted by molar-refractivity contribution is -0.0714. The van der Waals surface area contributed by atoms with Crippen LogP contribution in [0.3, 0.4) is 0 Å². The number of fused-ring (bicyclic) bond motifs is 2. The van der Waals surface area contributed by atoms with Crippen LogP contribution in [-0.2, 0) is 0 Å². The van der Waals surface area contributed by atoms with Crippen molar-refractivity contribution in [2.75, 3.05) is 6.61 Å². The molecule has 2 N–H and O–H groups in total. The van der Waals surface area contributed by atoms with Crippen molar-refractivity contribution in [3.05, 3.63) is 23.3 Å². The van der Waals surface area contributed by atoms with Crippen LogP contribution in [0.25, 0.3) is 0 Å². The third kappa shape index (κ3) is 3.94. The summed E-state index contributed by atoms with van der Waals surface area (Å²) in [4.78, 5) is 0. The largest absolute Gasteiger partial charge is 0.392 e. The van der Waals surface area contributed by atoms with Gasteiger partial charge in [0.05, 0.1) is 12.2 Å². The number of aliphatic hydroxyl groups is 2. The van der Waals surface area contributed by atoms with E-state index in [0.29, 0.717) is 23.7 Å². The number of aliphatic hydroxyl groups excluding tert-OH is 1. The molecule has 0 heterocycles. The van der Waals surface area contributed by atoms with Crippen LogP contribution in [0.4, 0.5) is 0 Å². The molecule has 7 atom stereocenters. The van der Waals surface area contributed by atoms with Crippen LogP contribution in [0.15, 0.2) is 23.3 Å². The number of allylic oxidation sites excluding steroid dienone is 2. The van der Waals surface area contributed by atoms with Gasteiger partial charge in [-0.1, -0.05) is 44.1 Å². The van der Waals surface area contributed by atoms with Gasteiger partial charge in [-0.25, -0.2) is 0 Å². The van der Waals surface area contributed by atoms with E-state index in [4.69, 9.17) is 0 Å². The van der Waals surface area contributed by atoms with Crippen LogP contribution >= 0.6 is 0 Å². The zero-order valence-corrected chi connectivity index (χ0v) is 18.3. The Kier molecular flexibility index (Phi) is 6.28. The van der Waals surface area contributed by atoms with Gasteiger partial charge in [0.1, 0.15) is 0 Å². The van der Waals surface area contributed by atoms with Crippen LogP contribution in [0.2, 0.25) is 0 Å². The fourth-order valence-electron chi connectivity index (χ4n) is 6.91. The van der Waals surface area contributed by atoms with E-state index in [2.05, 4.69) is 39.8 Å². The minimum atomic E-state index is -0.493. The summed E-state index contributed by atoms with van der Waals surface area (Å²) in [6.07, 6.45) is 14.1. The third-order valence-corrected chi connectivity index (χ3v) is 8.83. The average Bonchev–Trinajstić information content (AvgIpc) is 3.08. The molecule has 0 bridgehead atoms. The zero-order chi connectivity index (χ0) is 19.8. The Balaban J connectivity index is 1.78. The molecule has 2 fully saturated rings. The maximum absolute atomic E-state index is 11.7. The molecule has 27 heavy (non-hydrogen) atoms. The van der Waals surface area contributed by atoms with Gasteiger partial charge in [-0.05, 0) is 94.3 Å². The summed E-state index contributed by atoms with van der Waals surface area (Å²) < 4.78 is 0. The van der Waals surface area contributed by atoms with Gasteiger partial charge >= 0.3 is 0 Å². The molecule has 0 radical (unpaired) electrons. The second kappa shape index (κ2) is 8.03. The molecular weight excluding hydrogens is 332 g/mol. The Labute approximate surface area is 167 Å². The standard InChI is InChI=1S/C25H42O2/c1-17(15-26)7-6-8-18(2)21-13-14-24(5)16-25(27)20(4)10-12-22(25)19(3)9-11-23(21)24/h7,9,18,20-23,26-27H,6,8,10-16H2,1-5H3/b17-7+,19-9-/t18-,20+,21+,22+,23-,24+,25+/m0/s1. The highest BCUT2D eigenvalue weighted by Crippen LogP contribution is 2.60. The molecule has 2 saturated carbocycles. The summed E-state index contributed by atoms with van der Waals surface area (Å²) in [5.74, 6) is 2.97. The molecular formula is C25H42O2. The molecule has 0 aliphatic heterocycles. The molecule has 2 heteroatoms. The van der Waals surface area contributed by atoms with Crippen molar-refractivity contribution < 1.29 is 10.2 Å². The summed E-state index contributed by atoms with van der Waals surface area (Å²) in [5, 5.41) is 21.0. The van der Waals surface area contributed by atoms with Gasteiger partial charge in [-0.15, -0.1) is 0 Å². The van der Waals surface area contributed by atoms with E-state index >= 15 is 0 Å². The molecule has 154 valence electrons. The van der Waals surface area contributed by atoms with E-state index in [1.165, 1.54) is 37.7 Å². The summed E-state index contributed by atoms with van der Waals surface area (Å²) in [5.41, 5.74) is 2.32. The van der Waals surface area contributed by atoms with Gasteiger partial charge in [0.25, 0.3) is 0 Å². The molecule has 0 aromatic heterocycles. The predicted octanol–water partition coefficient (Wildman–Crippen LogP) is 5.89. The van der Waals surface area contributed by atoms with E-state index in [0.717, 1.165) is 30.8 Å². The predicted molar refractivity (Wildman–Crippen MR) is 113 cm³/mol. The Morgan fingerprint density at radius 1 is 1.33 bits per heavy atom. The van der Waals surface area contributed by atoms with Gasteiger partial charge in [-0.2, -0.15) is 0 Å². The monoisotopic (exact) mass is 374 g/mol. The van der Waals surface area contributed by atoms with Gasteiger partial charge < -0.3 is 10.2 Å². The van der Waals surface area contributed by atoms with Crippen LogP contribution in [0.5, 0.6) is 0 Å². The lowest BCUT2D eigenvalue weighted by Crippen LogP contribution is -2.46. The van der Waals surface area contributed by atoms with Crippen molar-refractivity contribution in [1.82, 2.24) is 0 Å². The molecule has 0 amide bonds. The molecule has 0 unspecified atom stereocenters. The molecule has 0 spiro atoms. The summed E-state index contributed by atoms with van der Waals surface area (Å²) in [6, 6.07) is 0. The highest BCUT2D eigenvalue weighted by atomic mass is 16.3. The molecule has 3 aliphatic carbocycles. The quantitative estimate of drug-likeness (QED) is 0.589. The first kappa shape index (κ1) is 21.1. The summed E-state index contributed by atoms with van der Waals surface area (Å²) >= 11 is 0. The van der Waals surface area contributed by atoms with Crippen LogP contribution in [-0.4, -0.2) is 22.4 Å². The van der Waals surface area contributed by atoms with Crippen LogP contribution in [0.1, 0.15) is 86.0 Å². The van der Waals surface area contributed by atoms with Crippen molar-refractivity contribution in [2.45, 2.75) is 91.6 Å². The molecule has 3 rings (SSSR count). The number of hydrogen-bond acceptors (Lipinski definition) is 2. The van der Waals surface area contributed by atoms with Gasteiger partial charge in [0, 0.05) is 5.92 Å². The Hall–Kier alpha value is -0.600. The second-order valence-electron chi connectivity index (χ2n) is 10.6. The molecule has 0 aromatic carbocycles. The number of hydrogen-bond donors (Lipinski definition) is 2. The smallest absolute Gasteiger partial charge is 0.0743 e. The highest BCUT2D eigenvalue weighted by molar-refractivity contribution is 5.19. The van der Waals surface area contributed by atoms with E-state index < -0.39 is 5.60 Å². The molecule has 3 aliphatic rings. The minimum Gasteiger partial charge on any atom is -0.392 e. The first-order chi connectivity index (χ1) is 12.7. The first-order valence-corrected chi connectivity index (χ1v) is 11.4. The van der Waals surface area contributed by atoms with E-state index in [1.54, 1.807) is 0 Å². The highest BCUT2D eigenvalue weighted by Gasteiger charge is 2.56. The third-order valence-electron chi connectivity index (χ3n) is 8.83. The summed E-state index contributed by atoms with van der Waals surface area (Å²) in [7, 11) is 0. The van der Waals surface area contributed by atoms with Crippen LogP contribution < -0.4 is 0 Å².